The van der Waals surface area contributed by atoms with Crippen molar-refractivity contribution >= 4 is 40.5 Å². The molecule has 37 heavy (non-hydrogen) atoms. The summed E-state index contributed by atoms with van der Waals surface area (Å²) < 4.78 is 0. The number of aromatic amines is 1. The molecule has 0 radical (unpaired) electrons. The van der Waals surface area contributed by atoms with E-state index < -0.39 is 60.2 Å². The number of nitrogens with two attached hydrogens (primary N) is 2. The second-order valence-corrected chi connectivity index (χ2v) is 9.66. The largest absolute Gasteiger partial charge is 0.480 e. The average Bonchev–Trinajstić information content (AvgIpc) is 3.48. The van der Waals surface area contributed by atoms with Gasteiger partial charge in [0, 0.05) is 23.6 Å². The van der Waals surface area contributed by atoms with Crippen molar-refractivity contribution in [3.63, 3.8) is 0 Å². The Kier molecular flexibility index (Phi) is 8.87. The maximum Gasteiger partial charge on any atom is 0.326 e. The molecule has 4 amide bonds. The highest BCUT2D eigenvalue weighted by Crippen LogP contribution is 2.22. The van der Waals surface area contributed by atoms with Crippen molar-refractivity contribution in [3.05, 3.63) is 36.0 Å². The number of carboxylic acids is 1. The second-order valence-electron chi connectivity index (χ2n) is 9.66. The molecule has 2 heterocycles. The SMILES string of the molecule is CC(C)C(NC(=O)C1CCCN1C(=O)C(N)Cc1c[nH]c2ccccc12)C(=O)NC(CC(N)=O)C(=O)O. The first-order valence-electron chi connectivity index (χ1n) is 12.2. The fraction of sp³-hybridized carbons (Fsp3) is 0.480. The third kappa shape index (κ3) is 6.64. The van der Waals surface area contributed by atoms with Crippen LogP contribution in [-0.4, -0.2) is 75.3 Å². The van der Waals surface area contributed by atoms with Gasteiger partial charge >= 0.3 is 5.97 Å². The number of likely N-dealkylation sites (tertiary alicyclic amines) is 1. The van der Waals surface area contributed by atoms with Crippen LogP contribution >= 0.6 is 0 Å². The highest BCUT2D eigenvalue weighted by Gasteiger charge is 2.38. The zero-order chi connectivity index (χ0) is 27.3. The molecule has 4 atom stereocenters. The quantitative estimate of drug-likeness (QED) is 0.234. The van der Waals surface area contributed by atoms with Crippen molar-refractivity contribution in [1.29, 1.82) is 0 Å². The smallest absolute Gasteiger partial charge is 0.326 e. The summed E-state index contributed by atoms with van der Waals surface area (Å²) in [6, 6.07) is 3.42. The molecule has 3 rings (SSSR count). The molecule has 12 heteroatoms. The number of carbonyl (C=O) groups excluding carboxylic acids is 4. The van der Waals surface area contributed by atoms with Crippen LogP contribution in [0.25, 0.3) is 10.9 Å². The number of aromatic nitrogens is 1. The van der Waals surface area contributed by atoms with Crippen molar-refractivity contribution in [2.24, 2.45) is 17.4 Å². The first kappa shape index (κ1) is 27.7. The summed E-state index contributed by atoms with van der Waals surface area (Å²) in [4.78, 5) is 66.3. The molecular formula is C25H34N6O6. The number of amides is 4. The molecule has 0 bridgehead atoms. The van der Waals surface area contributed by atoms with E-state index in [1.165, 1.54) is 4.90 Å². The monoisotopic (exact) mass is 514 g/mol. The van der Waals surface area contributed by atoms with E-state index in [1.807, 2.05) is 30.5 Å². The van der Waals surface area contributed by atoms with E-state index in [1.54, 1.807) is 13.8 Å². The Labute approximate surface area is 214 Å². The number of benzene rings is 1. The standard InChI is InChI=1S/C25H34N6O6/c1-13(2)21(23(34)29-18(25(36)37)11-20(27)32)30-22(33)19-8-5-9-31(19)24(35)16(26)10-14-12-28-17-7-4-3-6-15(14)17/h3-4,6-7,12-13,16,18-19,21,28H,5,8-11,26H2,1-2H3,(H2,27,32)(H,29,34)(H,30,33)(H,36,37). The third-order valence-corrected chi connectivity index (χ3v) is 6.54. The summed E-state index contributed by atoms with van der Waals surface area (Å²) in [7, 11) is 0. The van der Waals surface area contributed by atoms with Crippen LogP contribution in [0.3, 0.4) is 0 Å². The number of carboxylic acid groups (broad SMARTS) is 1. The summed E-state index contributed by atoms with van der Waals surface area (Å²) in [5.41, 5.74) is 13.2. The van der Waals surface area contributed by atoms with E-state index in [2.05, 4.69) is 15.6 Å². The highest BCUT2D eigenvalue weighted by atomic mass is 16.4. The summed E-state index contributed by atoms with van der Waals surface area (Å²) in [5, 5.41) is 15.2. The van der Waals surface area contributed by atoms with E-state index in [9.17, 15) is 29.1 Å². The summed E-state index contributed by atoms with van der Waals surface area (Å²) in [6.07, 6.45) is 2.53. The van der Waals surface area contributed by atoms with Crippen LogP contribution in [0.2, 0.25) is 0 Å². The Morgan fingerprint density at radius 3 is 2.51 bits per heavy atom. The Hall–Kier alpha value is -3.93. The topological polar surface area (TPSA) is 201 Å². The van der Waals surface area contributed by atoms with Gasteiger partial charge in [-0.1, -0.05) is 32.0 Å². The predicted octanol–water partition coefficient (Wildman–Crippen LogP) is -0.386. The molecule has 1 aliphatic heterocycles. The fourth-order valence-electron chi connectivity index (χ4n) is 4.59. The maximum atomic E-state index is 13.2. The molecule has 2 aromatic rings. The number of fused-ring (bicyclic) bond motifs is 1. The highest BCUT2D eigenvalue weighted by molar-refractivity contribution is 5.95. The fourth-order valence-corrected chi connectivity index (χ4v) is 4.59. The number of hydrogen-bond acceptors (Lipinski definition) is 6. The number of rotatable bonds is 11. The zero-order valence-electron chi connectivity index (χ0n) is 20.9. The van der Waals surface area contributed by atoms with Crippen LogP contribution in [0.4, 0.5) is 0 Å². The first-order chi connectivity index (χ1) is 17.5. The van der Waals surface area contributed by atoms with Crippen molar-refractivity contribution in [3.8, 4) is 0 Å². The number of primary amides is 1. The molecule has 8 N–H and O–H groups in total. The van der Waals surface area contributed by atoms with Gasteiger partial charge in [-0.15, -0.1) is 0 Å². The number of nitrogens with zero attached hydrogens (tertiary/aromatic N) is 1. The lowest BCUT2D eigenvalue weighted by atomic mass is 10.0. The Morgan fingerprint density at radius 2 is 1.86 bits per heavy atom. The van der Waals surface area contributed by atoms with Crippen molar-refractivity contribution in [2.75, 3.05) is 6.54 Å². The molecule has 1 fully saturated rings. The molecule has 0 saturated carbocycles. The molecule has 12 nitrogen and oxygen atoms in total. The third-order valence-electron chi connectivity index (χ3n) is 6.54. The van der Waals surface area contributed by atoms with E-state index in [0.29, 0.717) is 25.8 Å². The number of aliphatic carboxylic acids is 1. The maximum absolute atomic E-state index is 13.2. The van der Waals surface area contributed by atoms with Crippen molar-refractivity contribution in [1.82, 2.24) is 20.5 Å². The van der Waals surface area contributed by atoms with Gasteiger partial charge in [-0.05, 0) is 36.8 Å². The van der Waals surface area contributed by atoms with Crippen molar-refractivity contribution < 1.29 is 29.1 Å². The molecule has 1 aromatic heterocycles. The molecule has 200 valence electrons. The van der Waals surface area contributed by atoms with Gasteiger partial charge in [0.15, 0.2) is 0 Å². The van der Waals surface area contributed by atoms with Gasteiger partial charge in [-0.25, -0.2) is 4.79 Å². The molecule has 1 aromatic carbocycles. The van der Waals surface area contributed by atoms with Crippen LogP contribution in [0.15, 0.2) is 30.5 Å². The number of para-hydroxylation sites is 1. The summed E-state index contributed by atoms with van der Waals surface area (Å²) in [5.74, 6) is -4.35. The van der Waals surface area contributed by atoms with Gasteiger partial charge in [-0.3, -0.25) is 19.2 Å². The van der Waals surface area contributed by atoms with Gasteiger partial charge in [0.25, 0.3) is 0 Å². The number of hydrogen-bond donors (Lipinski definition) is 6. The number of nitrogens with one attached hydrogen (secondary N) is 3. The lowest BCUT2D eigenvalue weighted by molar-refractivity contribution is -0.144. The second kappa shape index (κ2) is 11.9. The van der Waals surface area contributed by atoms with Crippen LogP contribution in [0, 0.1) is 5.92 Å². The summed E-state index contributed by atoms with van der Waals surface area (Å²) >= 11 is 0. The van der Waals surface area contributed by atoms with Crippen LogP contribution < -0.4 is 22.1 Å². The first-order valence-corrected chi connectivity index (χ1v) is 12.2. The lowest BCUT2D eigenvalue weighted by Crippen LogP contribution is -2.58. The van der Waals surface area contributed by atoms with Gasteiger partial charge in [0.1, 0.15) is 18.1 Å². The lowest BCUT2D eigenvalue weighted by Gasteiger charge is -2.29. The number of H-pyrrole nitrogens is 1. The van der Waals surface area contributed by atoms with E-state index in [-0.39, 0.29) is 5.91 Å². The predicted molar refractivity (Wildman–Crippen MR) is 135 cm³/mol. The molecule has 4 unspecified atom stereocenters. The molecule has 1 saturated heterocycles. The van der Waals surface area contributed by atoms with Gasteiger partial charge in [0.05, 0.1) is 12.5 Å². The molecule has 1 aliphatic rings. The van der Waals surface area contributed by atoms with Crippen LogP contribution in [0.1, 0.15) is 38.7 Å². The molecular weight excluding hydrogens is 480 g/mol. The molecule has 0 aliphatic carbocycles. The minimum Gasteiger partial charge on any atom is -0.480 e. The Bertz CT molecular complexity index is 1180. The average molecular weight is 515 g/mol. The summed E-state index contributed by atoms with van der Waals surface area (Å²) in [6.45, 7) is 3.73. The zero-order valence-corrected chi connectivity index (χ0v) is 20.9. The van der Waals surface area contributed by atoms with Crippen LogP contribution in [0.5, 0.6) is 0 Å². The normalized spacial score (nSPS) is 17.8. The minimum atomic E-state index is -1.52. The van der Waals surface area contributed by atoms with E-state index >= 15 is 0 Å². The van der Waals surface area contributed by atoms with Gasteiger partial charge in [0.2, 0.25) is 23.6 Å². The van der Waals surface area contributed by atoms with Gasteiger partial charge in [-0.2, -0.15) is 0 Å². The van der Waals surface area contributed by atoms with E-state index in [0.717, 1.165) is 16.5 Å². The molecule has 0 spiro atoms. The number of carbonyl (C=O) groups is 5. The Balaban J connectivity index is 1.67. The van der Waals surface area contributed by atoms with Gasteiger partial charge < -0.3 is 37.1 Å². The Morgan fingerprint density at radius 1 is 1.16 bits per heavy atom. The minimum absolute atomic E-state index is 0.293. The van der Waals surface area contributed by atoms with Crippen molar-refractivity contribution in [2.45, 2.75) is 63.7 Å². The van der Waals surface area contributed by atoms with Crippen LogP contribution in [-0.2, 0) is 30.4 Å². The van der Waals surface area contributed by atoms with E-state index in [4.69, 9.17) is 11.5 Å².